The summed E-state index contributed by atoms with van der Waals surface area (Å²) in [5.74, 6) is 0.464. The molecule has 0 bridgehead atoms. The second kappa shape index (κ2) is 5.48. The Bertz CT molecular complexity index is 425. The van der Waals surface area contributed by atoms with E-state index in [1.54, 1.807) is 32.5 Å². The average molecular weight is 249 g/mol. The van der Waals surface area contributed by atoms with Gasteiger partial charge in [-0.25, -0.2) is 4.98 Å². The van der Waals surface area contributed by atoms with E-state index in [-0.39, 0.29) is 5.78 Å². The van der Waals surface area contributed by atoms with E-state index < -0.39 is 5.60 Å². The van der Waals surface area contributed by atoms with Crippen LogP contribution in [0, 0.1) is 0 Å². The number of ether oxygens (including phenoxy) is 2. The van der Waals surface area contributed by atoms with Gasteiger partial charge in [-0.05, 0) is 25.0 Å². The van der Waals surface area contributed by atoms with Crippen molar-refractivity contribution in [3.05, 3.63) is 24.0 Å². The SMILES string of the molecule is COc1cccnc1C(=O)C1(OC)CCCCC1. The van der Waals surface area contributed by atoms with Crippen LogP contribution >= 0.6 is 0 Å². The van der Waals surface area contributed by atoms with E-state index in [0.29, 0.717) is 11.4 Å². The first-order valence-electron chi connectivity index (χ1n) is 6.32. The Morgan fingerprint density at radius 2 is 2.00 bits per heavy atom. The second-order valence-electron chi connectivity index (χ2n) is 4.64. The molecule has 18 heavy (non-hydrogen) atoms. The number of hydrogen-bond acceptors (Lipinski definition) is 4. The maximum absolute atomic E-state index is 12.7. The summed E-state index contributed by atoms with van der Waals surface area (Å²) in [6.07, 6.45) is 6.35. The third kappa shape index (κ3) is 2.25. The van der Waals surface area contributed by atoms with Crippen molar-refractivity contribution in [3.8, 4) is 5.75 Å². The van der Waals surface area contributed by atoms with Crippen LogP contribution in [0.15, 0.2) is 18.3 Å². The number of aromatic nitrogens is 1. The van der Waals surface area contributed by atoms with E-state index in [2.05, 4.69) is 4.98 Å². The van der Waals surface area contributed by atoms with Gasteiger partial charge in [0.2, 0.25) is 5.78 Å². The molecule has 0 spiro atoms. The van der Waals surface area contributed by atoms with Crippen molar-refractivity contribution >= 4 is 5.78 Å². The van der Waals surface area contributed by atoms with Gasteiger partial charge in [-0.2, -0.15) is 0 Å². The molecule has 0 unspecified atom stereocenters. The Balaban J connectivity index is 2.33. The first kappa shape index (κ1) is 13.0. The Morgan fingerprint density at radius 3 is 2.61 bits per heavy atom. The number of ketones is 1. The molecule has 0 saturated heterocycles. The molecule has 0 atom stereocenters. The number of Topliss-reactive ketones (excluding diaryl/α,β-unsaturated/α-hetero) is 1. The van der Waals surface area contributed by atoms with Crippen molar-refractivity contribution in [2.24, 2.45) is 0 Å². The molecule has 0 aromatic carbocycles. The zero-order valence-corrected chi connectivity index (χ0v) is 10.9. The molecule has 0 aliphatic heterocycles. The van der Waals surface area contributed by atoms with Crippen molar-refractivity contribution in [1.29, 1.82) is 0 Å². The van der Waals surface area contributed by atoms with Gasteiger partial charge in [-0.15, -0.1) is 0 Å². The normalized spacial score (nSPS) is 18.3. The number of hydrogen-bond donors (Lipinski definition) is 0. The lowest BCUT2D eigenvalue weighted by molar-refractivity contribution is -0.0199. The third-order valence-corrected chi connectivity index (χ3v) is 3.67. The summed E-state index contributed by atoms with van der Waals surface area (Å²) in [6.45, 7) is 0. The molecule has 1 aliphatic rings. The van der Waals surface area contributed by atoms with E-state index in [9.17, 15) is 4.79 Å². The summed E-state index contributed by atoms with van der Waals surface area (Å²) in [6, 6.07) is 3.52. The lowest BCUT2D eigenvalue weighted by Gasteiger charge is -2.34. The molecular weight excluding hydrogens is 230 g/mol. The number of rotatable bonds is 4. The second-order valence-corrected chi connectivity index (χ2v) is 4.64. The molecule has 98 valence electrons. The Kier molecular flexibility index (Phi) is 3.97. The standard InChI is InChI=1S/C14H19NO3/c1-17-11-7-6-10-15-12(11)13(16)14(18-2)8-4-3-5-9-14/h6-7,10H,3-5,8-9H2,1-2H3. The topological polar surface area (TPSA) is 48.4 Å². The summed E-state index contributed by atoms with van der Waals surface area (Å²) in [7, 11) is 3.16. The zero-order valence-electron chi connectivity index (χ0n) is 10.9. The van der Waals surface area contributed by atoms with Crippen molar-refractivity contribution in [2.45, 2.75) is 37.7 Å². The molecule has 0 amide bonds. The molecule has 4 heteroatoms. The minimum absolute atomic E-state index is 0.0536. The third-order valence-electron chi connectivity index (χ3n) is 3.67. The molecule has 1 aromatic heterocycles. The Labute approximate surface area is 107 Å². The highest BCUT2D eigenvalue weighted by Gasteiger charge is 2.41. The molecule has 0 N–H and O–H groups in total. The number of carbonyl (C=O) groups is 1. The molecule has 1 heterocycles. The molecule has 1 aliphatic carbocycles. The van der Waals surface area contributed by atoms with E-state index in [1.807, 2.05) is 0 Å². The predicted molar refractivity (Wildman–Crippen MR) is 67.9 cm³/mol. The van der Waals surface area contributed by atoms with Gasteiger partial charge < -0.3 is 9.47 Å². The van der Waals surface area contributed by atoms with Gasteiger partial charge in [0, 0.05) is 13.3 Å². The van der Waals surface area contributed by atoms with Crippen LogP contribution in [0.25, 0.3) is 0 Å². The highest BCUT2D eigenvalue weighted by molar-refractivity contribution is 6.03. The van der Waals surface area contributed by atoms with Crippen molar-refractivity contribution in [3.63, 3.8) is 0 Å². The van der Waals surface area contributed by atoms with Crippen LogP contribution in [0.1, 0.15) is 42.6 Å². The van der Waals surface area contributed by atoms with Gasteiger partial charge in [0.05, 0.1) is 7.11 Å². The summed E-state index contributed by atoms with van der Waals surface area (Å²) < 4.78 is 10.8. The van der Waals surface area contributed by atoms with Gasteiger partial charge in [0.25, 0.3) is 0 Å². The Morgan fingerprint density at radius 1 is 1.28 bits per heavy atom. The zero-order chi connectivity index (χ0) is 13.0. The maximum atomic E-state index is 12.7. The molecule has 4 nitrogen and oxygen atoms in total. The smallest absolute Gasteiger partial charge is 0.216 e. The molecule has 1 saturated carbocycles. The van der Waals surface area contributed by atoms with Crippen LogP contribution in [0.4, 0.5) is 0 Å². The number of carbonyl (C=O) groups excluding carboxylic acids is 1. The van der Waals surface area contributed by atoms with E-state index >= 15 is 0 Å². The van der Waals surface area contributed by atoms with Gasteiger partial charge in [-0.3, -0.25) is 4.79 Å². The molecule has 0 radical (unpaired) electrons. The van der Waals surface area contributed by atoms with Crippen molar-refractivity contribution in [2.75, 3.05) is 14.2 Å². The lowest BCUT2D eigenvalue weighted by atomic mass is 9.80. The lowest BCUT2D eigenvalue weighted by Crippen LogP contribution is -2.43. The molecule has 1 fully saturated rings. The largest absolute Gasteiger partial charge is 0.494 e. The van der Waals surface area contributed by atoms with Gasteiger partial charge in [0.1, 0.15) is 11.4 Å². The van der Waals surface area contributed by atoms with Crippen molar-refractivity contribution in [1.82, 2.24) is 4.98 Å². The minimum Gasteiger partial charge on any atom is -0.494 e. The first-order valence-corrected chi connectivity index (χ1v) is 6.32. The van der Waals surface area contributed by atoms with E-state index in [4.69, 9.17) is 9.47 Å². The molecule has 1 aromatic rings. The van der Waals surface area contributed by atoms with Gasteiger partial charge >= 0.3 is 0 Å². The number of pyridine rings is 1. The summed E-state index contributed by atoms with van der Waals surface area (Å²) in [5, 5.41) is 0. The predicted octanol–water partition coefficient (Wildman–Crippen LogP) is 2.62. The number of methoxy groups -OCH3 is 2. The monoisotopic (exact) mass is 249 g/mol. The first-order chi connectivity index (χ1) is 8.73. The van der Waals surface area contributed by atoms with Crippen LogP contribution in [-0.2, 0) is 4.74 Å². The van der Waals surface area contributed by atoms with Crippen LogP contribution in [0.2, 0.25) is 0 Å². The van der Waals surface area contributed by atoms with Gasteiger partial charge in [-0.1, -0.05) is 19.3 Å². The summed E-state index contributed by atoms with van der Waals surface area (Å²) >= 11 is 0. The fourth-order valence-electron chi connectivity index (χ4n) is 2.59. The van der Waals surface area contributed by atoms with Crippen molar-refractivity contribution < 1.29 is 14.3 Å². The fourth-order valence-corrected chi connectivity index (χ4v) is 2.59. The number of nitrogens with zero attached hydrogens (tertiary/aromatic N) is 1. The van der Waals surface area contributed by atoms with Crippen LogP contribution in [0.3, 0.4) is 0 Å². The highest BCUT2D eigenvalue weighted by atomic mass is 16.5. The Hall–Kier alpha value is -1.42. The molecule has 2 rings (SSSR count). The maximum Gasteiger partial charge on any atom is 0.216 e. The molecular formula is C14H19NO3. The van der Waals surface area contributed by atoms with Crippen LogP contribution in [-0.4, -0.2) is 30.6 Å². The minimum atomic E-state index is -0.708. The summed E-state index contributed by atoms with van der Waals surface area (Å²) in [4.78, 5) is 16.8. The average Bonchev–Trinajstić information content (AvgIpc) is 2.47. The van der Waals surface area contributed by atoms with Gasteiger partial charge in [0.15, 0.2) is 5.69 Å². The highest BCUT2D eigenvalue weighted by Crippen LogP contribution is 2.35. The van der Waals surface area contributed by atoms with E-state index in [1.165, 1.54) is 0 Å². The van der Waals surface area contributed by atoms with E-state index in [0.717, 1.165) is 32.1 Å². The summed E-state index contributed by atoms with van der Waals surface area (Å²) in [5.41, 5.74) is -0.330. The van der Waals surface area contributed by atoms with Crippen LogP contribution in [0.5, 0.6) is 5.75 Å². The fraction of sp³-hybridized carbons (Fsp3) is 0.571. The quantitative estimate of drug-likeness (QED) is 0.770. The van der Waals surface area contributed by atoms with Crippen LogP contribution < -0.4 is 4.74 Å².